The van der Waals surface area contributed by atoms with Gasteiger partial charge in [-0.15, -0.1) is 0 Å². The van der Waals surface area contributed by atoms with Crippen LogP contribution in [-0.2, 0) is 17.5 Å². The molecule has 0 unspecified atom stereocenters. The number of hydrogen-bond acceptors (Lipinski definition) is 3. The first-order valence-corrected chi connectivity index (χ1v) is 4.51. The molecule has 0 aliphatic heterocycles. The van der Waals surface area contributed by atoms with Gasteiger partial charge in [-0.1, -0.05) is 12.1 Å². The molecule has 0 saturated carbocycles. The van der Waals surface area contributed by atoms with Crippen LogP contribution in [0.15, 0.2) is 24.3 Å². The third kappa shape index (κ3) is 4.64. The molecule has 0 atom stereocenters. The maximum atomic E-state index is 10.2. The average molecular weight is 210 g/mol. The largest absolute Gasteiger partial charge is 0.392 e. The summed E-state index contributed by atoms with van der Waals surface area (Å²) in [6.07, 6.45) is 0. The molecule has 4 nitrogen and oxygen atoms in total. The van der Waals surface area contributed by atoms with Crippen molar-refractivity contribution in [1.82, 2.24) is 0 Å². The van der Waals surface area contributed by atoms with Crippen molar-refractivity contribution in [2.45, 2.75) is 6.61 Å². The van der Waals surface area contributed by atoms with Gasteiger partial charge in [0.2, 0.25) is 10.9 Å². The number of nitrogens with one attached hydrogen (secondary N) is 1. The molecule has 0 aliphatic rings. The number of benzene rings is 1. The first-order valence-electron chi connectivity index (χ1n) is 3.33. The number of hydrogen-bond donors (Lipinski definition) is 3. The second-order valence-corrected chi connectivity index (χ2v) is 2.97. The van der Waals surface area contributed by atoms with Gasteiger partial charge in [0.05, 0.1) is 6.61 Å². The third-order valence-corrected chi connectivity index (χ3v) is 1.77. The van der Waals surface area contributed by atoms with Crippen molar-refractivity contribution in [2.24, 2.45) is 0 Å². The standard InChI is InChI=1S/C7H9NO3S.Na/c9-5-6-2-1-3-7(4-6)8-12(10)11;/h1-4,9,12H,5H2,(H,8,10,11);. The van der Waals surface area contributed by atoms with E-state index in [4.69, 9.17) is 5.11 Å². The van der Waals surface area contributed by atoms with Gasteiger partial charge in [-0.25, -0.2) is 8.42 Å². The van der Waals surface area contributed by atoms with E-state index >= 15 is 0 Å². The Bertz CT molecular complexity index is 332. The van der Waals surface area contributed by atoms with Crippen molar-refractivity contribution in [1.29, 1.82) is 0 Å². The average Bonchev–Trinajstić information content (AvgIpc) is 2.03. The smallest absolute Gasteiger partial charge is 0.222 e. The van der Waals surface area contributed by atoms with Crippen LogP contribution in [0.4, 0.5) is 5.69 Å². The Balaban J connectivity index is 0.00000144. The number of aliphatic hydroxyl groups is 1. The van der Waals surface area contributed by atoms with Gasteiger partial charge < -0.3 is 5.11 Å². The monoisotopic (exact) mass is 210 g/mol. The van der Waals surface area contributed by atoms with E-state index in [1.165, 1.54) is 0 Å². The van der Waals surface area contributed by atoms with Crippen LogP contribution >= 0.6 is 0 Å². The van der Waals surface area contributed by atoms with Crippen LogP contribution in [0.1, 0.15) is 5.56 Å². The molecular weight excluding hydrogens is 201 g/mol. The second kappa shape index (κ2) is 6.39. The second-order valence-electron chi connectivity index (χ2n) is 2.23. The Hall–Kier alpha value is -0.0700. The predicted octanol–water partition coefficient (Wildman–Crippen LogP) is -0.264. The summed E-state index contributed by atoms with van der Waals surface area (Å²) in [7, 11) is -2.63. The van der Waals surface area contributed by atoms with Crippen LogP contribution in [0, 0.1) is 0 Å². The molecule has 1 aromatic carbocycles. The zero-order valence-corrected chi connectivity index (χ0v) is 10.1. The molecule has 0 aliphatic carbocycles. The molecule has 13 heavy (non-hydrogen) atoms. The third-order valence-electron chi connectivity index (χ3n) is 1.33. The molecule has 1 aromatic rings. The van der Waals surface area contributed by atoms with E-state index in [0.29, 0.717) is 11.3 Å². The zero-order valence-electron chi connectivity index (χ0n) is 7.23. The van der Waals surface area contributed by atoms with Gasteiger partial charge in [0, 0.05) is 35.2 Å². The fraction of sp³-hybridized carbons (Fsp3) is 0.143. The first-order chi connectivity index (χ1) is 5.72. The molecule has 0 aromatic heterocycles. The Morgan fingerprint density at radius 3 is 2.62 bits per heavy atom. The summed E-state index contributed by atoms with van der Waals surface area (Å²) in [5, 5.41) is 8.72. The summed E-state index contributed by atoms with van der Waals surface area (Å²) >= 11 is 0. The molecule has 0 bridgehead atoms. The van der Waals surface area contributed by atoms with Gasteiger partial charge in [0.25, 0.3) is 0 Å². The van der Waals surface area contributed by atoms with Crippen LogP contribution < -0.4 is 4.72 Å². The fourth-order valence-electron chi connectivity index (χ4n) is 0.845. The molecule has 0 spiro atoms. The van der Waals surface area contributed by atoms with Crippen molar-refractivity contribution in [3.8, 4) is 0 Å². The summed E-state index contributed by atoms with van der Waals surface area (Å²) in [6.45, 7) is -0.0921. The Labute approximate surface area is 100 Å². The summed E-state index contributed by atoms with van der Waals surface area (Å²) in [4.78, 5) is 0. The van der Waals surface area contributed by atoms with Gasteiger partial charge >= 0.3 is 0 Å². The van der Waals surface area contributed by atoms with E-state index in [0.717, 1.165) is 0 Å². The van der Waals surface area contributed by atoms with E-state index in [-0.39, 0.29) is 36.2 Å². The predicted molar refractivity (Wildman–Crippen MR) is 52.1 cm³/mol. The van der Waals surface area contributed by atoms with E-state index < -0.39 is 10.9 Å². The quantitative estimate of drug-likeness (QED) is 0.475. The van der Waals surface area contributed by atoms with Gasteiger partial charge in [-0.05, 0) is 17.7 Å². The first kappa shape index (κ1) is 12.9. The molecule has 1 rings (SSSR count). The van der Waals surface area contributed by atoms with Gasteiger partial charge in [0.15, 0.2) is 0 Å². The normalized spacial score (nSPS) is 9.38. The van der Waals surface area contributed by atoms with Crippen molar-refractivity contribution >= 4 is 46.1 Å². The number of thiol groups is 1. The van der Waals surface area contributed by atoms with Crippen molar-refractivity contribution in [3.63, 3.8) is 0 Å². The number of aliphatic hydroxyl groups excluding tert-OH is 1. The SMILES string of the molecule is O=[SH](=O)Nc1cccc(CO)c1.[Na]. The Morgan fingerprint density at radius 1 is 1.38 bits per heavy atom. The Kier molecular flexibility index (Phi) is 6.36. The summed E-state index contributed by atoms with van der Waals surface area (Å²) in [6, 6.07) is 6.57. The van der Waals surface area contributed by atoms with Crippen LogP contribution in [0.5, 0.6) is 0 Å². The number of rotatable bonds is 3. The molecule has 0 saturated heterocycles. The van der Waals surface area contributed by atoms with Crippen LogP contribution in [-0.4, -0.2) is 43.1 Å². The summed E-state index contributed by atoms with van der Waals surface area (Å²) < 4.78 is 22.7. The molecule has 67 valence electrons. The van der Waals surface area contributed by atoms with Crippen molar-refractivity contribution < 1.29 is 13.5 Å². The van der Waals surface area contributed by atoms with Crippen LogP contribution in [0.2, 0.25) is 0 Å². The summed E-state index contributed by atoms with van der Waals surface area (Å²) in [5.74, 6) is 0. The maximum absolute atomic E-state index is 10.2. The van der Waals surface area contributed by atoms with E-state index in [2.05, 4.69) is 4.72 Å². The summed E-state index contributed by atoms with van der Waals surface area (Å²) in [5.41, 5.74) is 1.15. The minimum absolute atomic E-state index is 0. The van der Waals surface area contributed by atoms with Gasteiger partial charge in [0.1, 0.15) is 0 Å². The van der Waals surface area contributed by atoms with E-state index in [1.54, 1.807) is 24.3 Å². The van der Waals surface area contributed by atoms with Gasteiger partial charge in [-0.3, -0.25) is 4.72 Å². The van der Waals surface area contributed by atoms with Crippen LogP contribution in [0.25, 0.3) is 0 Å². The molecule has 0 fully saturated rings. The van der Waals surface area contributed by atoms with Gasteiger partial charge in [-0.2, -0.15) is 0 Å². The molecule has 2 N–H and O–H groups in total. The van der Waals surface area contributed by atoms with E-state index in [1.807, 2.05) is 0 Å². The molecule has 0 heterocycles. The Morgan fingerprint density at radius 2 is 2.08 bits per heavy atom. The van der Waals surface area contributed by atoms with E-state index in [9.17, 15) is 8.42 Å². The molecular formula is C7H9NNaO3S. The topological polar surface area (TPSA) is 66.4 Å². The van der Waals surface area contributed by atoms with Crippen molar-refractivity contribution in [3.05, 3.63) is 29.8 Å². The minimum Gasteiger partial charge on any atom is -0.392 e. The number of anilines is 1. The molecule has 1 radical (unpaired) electrons. The maximum Gasteiger partial charge on any atom is 0.222 e. The minimum atomic E-state index is -2.63. The zero-order chi connectivity index (χ0) is 8.97. The molecule has 6 heteroatoms. The van der Waals surface area contributed by atoms with Crippen LogP contribution in [0.3, 0.4) is 0 Å². The fourth-order valence-corrected chi connectivity index (χ4v) is 1.19. The molecule has 0 amide bonds. The van der Waals surface area contributed by atoms with Crippen molar-refractivity contribution in [2.75, 3.05) is 4.72 Å².